The van der Waals surface area contributed by atoms with Gasteiger partial charge in [-0.3, -0.25) is 4.98 Å². The molecule has 3 rings (SSSR count). The lowest BCUT2D eigenvalue weighted by atomic mass is 10.1. The molecule has 0 radical (unpaired) electrons. The van der Waals surface area contributed by atoms with Crippen LogP contribution in [0.25, 0.3) is 0 Å². The molecule has 0 amide bonds. The molecule has 1 aliphatic rings. The van der Waals surface area contributed by atoms with Gasteiger partial charge in [-0.15, -0.1) is 0 Å². The Balaban J connectivity index is 1.71. The van der Waals surface area contributed by atoms with Crippen molar-refractivity contribution in [3.8, 4) is 5.75 Å². The van der Waals surface area contributed by atoms with Crippen molar-refractivity contribution >= 4 is 0 Å². The van der Waals surface area contributed by atoms with Crippen molar-refractivity contribution in [2.45, 2.75) is 25.6 Å². The fourth-order valence-corrected chi connectivity index (χ4v) is 2.36. The highest BCUT2D eigenvalue weighted by molar-refractivity contribution is 5.39. The highest BCUT2D eigenvalue weighted by Gasteiger charge is 2.20. The molecule has 1 aromatic carbocycles. The van der Waals surface area contributed by atoms with E-state index in [1.165, 1.54) is 12.3 Å². The van der Waals surface area contributed by atoms with Gasteiger partial charge in [-0.25, -0.2) is 4.39 Å². The van der Waals surface area contributed by atoms with Gasteiger partial charge in [0.2, 0.25) is 0 Å². The van der Waals surface area contributed by atoms with Gasteiger partial charge in [0.25, 0.3) is 0 Å². The Morgan fingerprint density at radius 3 is 3.05 bits per heavy atom. The normalized spacial score (nSPS) is 17.3. The fraction of sp³-hybridized carbons (Fsp3) is 0.267. The summed E-state index contributed by atoms with van der Waals surface area (Å²) in [5.41, 5.74) is 2.81. The van der Waals surface area contributed by atoms with Crippen molar-refractivity contribution in [2.24, 2.45) is 0 Å². The van der Waals surface area contributed by atoms with Crippen LogP contribution < -0.4 is 4.74 Å². The van der Waals surface area contributed by atoms with Crippen LogP contribution in [0.2, 0.25) is 0 Å². The zero-order chi connectivity index (χ0) is 13.2. The molecule has 2 aromatic rings. The van der Waals surface area contributed by atoms with Crippen LogP contribution in [0.3, 0.4) is 0 Å². The molecule has 0 bridgehead atoms. The van der Waals surface area contributed by atoms with Crippen LogP contribution in [0, 0.1) is 5.82 Å². The van der Waals surface area contributed by atoms with Crippen LogP contribution in [-0.4, -0.2) is 10.1 Å². The van der Waals surface area contributed by atoms with E-state index in [0.717, 1.165) is 29.7 Å². The van der Waals surface area contributed by atoms with Gasteiger partial charge in [0.15, 0.2) is 0 Å². The molecule has 1 aliphatic carbocycles. The van der Waals surface area contributed by atoms with Crippen LogP contribution in [0.4, 0.5) is 4.39 Å². The topological polar surface area (TPSA) is 42.4 Å². The standard InChI is InChI=1S/C15H14FNO2/c16-12-5-10(7-17-8-12)9-19-13-2-3-14-11(6-13)1-4-15(14)18/h2-3,5-8,15,18H,1,4,9H2. The number of halogens is 1. The highest BCUT2D eigenvalue weighted by Crippen LogP contribution is 2.33. The number of fused-ring (bicyclic) bond motifs is 1. The lowest BCUT2D eigenvalue weighted by Gasteiger charge is -2.09. The summed E-state index contributed by atoms with van der Waals surface area (Å²) in [6, 6.07) is 7.08. The number of benzene rings is 1. The third-order valence-corrected chi connectivity index (χ3v) is 3.33. The zero-order valence-electron chi connectivity index (χ0n) is 10.3. The molecule has 1 atom stereocenters. The Hall–Kier alpha value is -1.94. The Bertz CT molecular complexity index is 600. The number of ether oxygens (including phenoxy) is 1. The molecule has 0 fully saturated rings. The quantitative estimate of drug-likeness (QED) is 0.921. The summed E-state index contributed by atoms with van der Waals surface area (Å²) < 4.78 is 18.6. The maximum absolute atomic E-state index is 13.0. The van der Waals surface area contributed by atoms with Crippen LogP contribution >= 0.6 is 0 Å². The third-order valence-electron chi connectivity index (χ3n) is 3.33. The number of hydrogen-bond donors (Lipinski definition) is 1. The summed E-state index contributed by atoms with van der Waals surface area (Å²) in [7, 11) is 0. The number of nitrogens with zero attached hydrogens (tertiary/aromatic N) is 1. The maximum Gasteiger partial charge on any atom is 0.141 e. The molecule has 1 aromatic heterocycles. The predicted molar refractivity (Wildman–Crippen MR) is 68.2 cm³/mol. The molecule has 4 heteroatoms. The molecule has 0 aliphatic heterocycles. The second-order valence-corrected chi connectivity index (χ2v) is 4.72. The molecule has 3 nitrogen and oxygen atoms in total. The summed E-state index contributed by atoms with van der Waals surface area (Å²) in [4.78, 5) is 3.78. The molecule has 1 unspecified atom stereocenters. The van der Waals surface area contributed by atoms with Gasteiger partial charge < -0.3 is 9.84 Å². The fourth-order valence-electron chi connectivity index (χ4n) is 2.36. The van der Waals surface area contributed by atoms with Gasteiger partial charge in [-0.05, 0) is 42.2 Å². The van der Waals surface area contributed by atoms with E-state index < -0.39 is 0 Å². The molecule has 0 spiro atoms. The van der Waals surface area contributed by atoms with Crippen LogP contribution in [-0.2, 0) is 13.0 Å². The Morgan fingerprint density at radius 2 is 2.21 bits per heavy atom. The van der Waals surface area contributed by atoms with E-state index in [-0.39, 0.29) is 18.5 Å². The molecule has 0 saturated heterocycles. The van der Waals surface area contributed by atoms with Gasteiger partial charge >= 0.3 is 0 Å². The number of hydrogen-bond acceptors (Lipinski definition) is 3. The van der Waals surface area contributed by atoms with Crippen molar-refractivity contribution in [1.29, 1.82) is 0 Å². The summed E-state index contributed by atoms with van der Waals surface area (Å²) in [6.45, 7) is 0.284. The van der Waals surface area contributed by atoms with E-state index in [2.05, 4.69) is 4.98 Å². The van der Waals surface area contributed by atoms with Crippen molar-refractivity contribution in [3.05, 3.63) is 59.2 Å². The van der Waals surface area contributed by atoms with Crippen LogP contribution in [0.15, 0.2) is 36.7 Å². The number of rotatable bonds is 3. The second kappa shape index (κ2) is 4.97. The lowest BCUT2D eigenvalue weighted by Crippen LogP contribution is -1.98. The van der Waals surface area contributed by atoms with Crippen molar-refractivity contribution < 1.29 is 14.2 Å². The van der Waals surface area contributed by atoms with E-state index >= 15 is 0 Å². The Kier molecular flexibility index (Phi) is 3.17. The first kappa shape index (κ1) is 12.1. The molecular formula is C15H14FNO2. The highest BCUT2D eigenvalue weighted by atomic mass is 19.1. The molecule has 0 saturated carbocycles. The first-order valence-corrected chi connectivity index (χ1v) is 6.25. The Morgan fingerprint density at radius 1 is 1.32 bits per heavy atom. The van der Waals surface area contributed by atoms with E-state index in [4.69, 9.17) is 4.74 Å². The molecular weight excluding hydrogens is 245 g/mol. The lowest BCUT2D eigenvalue weighted by molar-refractivity contribution is 0.180. The maximum atomic E-state index is 13.0. The first-order valence-electron chi connectivity index (χ1n) is 6.25. The zero-order valence-corrected chi connectivity index (χ0v) is 10.3. The molecule has 1 heterocycles. The molecule has 1 N–H and O–H groups in total. The number of aliphatic hydroxyl groups excluding tert-OH is 1. The van der Waals surface area contributed by atoms with E-state index in [1.54, 1.807) is 6.20 Å². The minimum atomic E-state index is -0.363. The largest absolute Gasteiger partial charge is 0.489 e. The predicted octanol–water partition coefficient (Wildman–Crippen LogP) is 2.78. The third kappa shape index (κ3) is 2.58. The Labute approximate surface area is 110 Å². The number of aromatic nitrogens is 1. The van der Waals surface area contributed by atoms with Crippen LogP contribution in [0.5, 0.6) is 5.75 Å². The average Bonchev–Trinajstić information content (AvgIpc) is 2.78. The van der Waals surface area contributed by atoms with E-state index in [9.17, 15) is 9.50 Å². The molecule has 98 valence electrons. The number of aryl methyl sites for hydroxylation is 1. The smallest absolute Gasteiger partial charge is 0.141 e. The van der Waals surface area contributed by atoms with Crippen molar-refractivity contribution in [1.82, 2.24) is 4.98 Å². The minimum absolute atomic E-state index is 0.284. The van der Waals surface area contributed by atoms with E-state index in [1.807, 2.05) is 18.2 Å². The monoisotopic (exact) mass is 259 g/mol. The molecule has 19 heavy (non-hydrogen) atoms. The van der Waals surface area contributed by atoms with Gasteiger partial charge in [0, 0.05) is 11.8 Å². The summed E-state index contributed by atoms with van der Waals surface area (Å²) in [5, 5.41) is 9.72. The van der Waals surface area contributed by atoms with E-state index in [0.29, 0.717) is 5.56 Å². The van der Waals surface area contributed by atoms with Crippen molar-refractivity contribution in [3.63, 3.8) is 0 Å². The average molecular weight is 259 g/mol. The minimum Gasteiger partial charge on any atom is -0.489 e. The van der Waals surface area contributed by atoms with Gasteiger partial charge in [0.1, 0.15) is 18.2 Å². The summed E-state index contributed by atoms with van der Waals surface area (Å²) in [6.07, 6.45) is 4.04. The first-order chi connectivity index (χ1) is 9.22. The summed E-state index contributed by atoms with van der Waals surface area (Å²) in [5.74, 6) is 0.371. The van der Waals surface area contributed by atoms with Crippen molar-refractivity contribution in [2.75, 3.05) is 0 Å². The van der Waals surface area contributed by atoms with Gasteiger partial charge in [-0.1, -0.05) is 6.07 Å². The second-order valence-electron chi connectivity index (χ2n) is 4.72. The SMILES string of the molecule is OC1CCc2cc(OCc3cncc(F)c3)ccc21. The van der Waals surface area contributed by atoms with Gasteiger partial charge in [-0.2, -0.15) is 0 Å². The number of aliphatic hydroxyl groups is 1. The number of pyridine rings is 1. The van der Waals surface area contributed by atoms with Crippen LogP contribution in [0.1, 0.15) is 29.2 Å². The van der Waals surface area contributed by atoms with Gasteiger partial charge in [0.05, 0.1) is 12.3 Å². The summed E-state index contributed by atoms with van der Waals surface area (Å²) >= 11 is 0.